The Bertz CT molecular complexity index is 486. The number of carbonyl (C=O) groups is 2. The van der Waals surface area contributed by atoms with Crippen molar-refractivity contribution >= 4 is 17.7 Å². The summed E-state index contributed by atoms with van der Waals surface area (Å²) in [6.45, 7) is 2.95. The molecule has 0 radical (unpaired) electrons. The lowest BCUT2D eigenvalue weighted by atomic mass is 10.1. The van der Waals surface area contributed by atoms with Crippen molar-refractivity contribution in [2.24, 2.45) is 11.8 Å². The summed E-state index contributed by atoms with van der Waals surface area (Å²) in [5, 5.41) is 11.8. The van der Waals surface area contributed by atoms with E-state index in [2.05, 4.69) is 12.2 Å². The van der Waals surface area contributed by atoms with Gasteiger partial charge in [-0.05, 0) is 36.8 Å². The van der Waals surface area contributed by atoms with Gasteiger partial charge in [0.1, 0.15) is 0 Å². The number of rotatable bonds is 7. The highest BCUT2D eigenvalue weighted by molar-refractivity contribution is 5.92. The zero-order valence-corrected chi connectivity index (χ0v) is 12.3. The maximum absolute atomic E-state index is 12.3. The van der Waals surface area contributed by atoms with Crippen LogP contribution in [-0.2, 0) is 4.79 Å². The topological polar surface area (TPSA) is 69.6 Å². The SMILES string of the molecule is CC(CNC(=O)N(CCC(=O)O)c1ccccc1)C1CC1. The number of nitrogens with one attached hydrogen (secondary N) is 1. The van der Waals surface area contributed by atoms with Gasteiger partial charge in [0.25, 0.3) is 0 Å². The van der Waals surface area contributed by atoms with Crippen molar-refractivity contribution in [2.75, 3.05) is 18.0 Å². The van der Waals surface area contributed by atoms with Crippen LogP contribution in [0.4, 0.5) is 10.5 Å². The van der Waals surface area contributed by atoms with Crippen LogP contribution >= 0.6 is 0 Å². The summed E-state index contributed by atoms with van der Waals surface area (Å²) in [6.07, 6.45) is 2.43. The van der Waals surface area contributed by atoms with E-state index in [0.717, 1.165) is 11.6 Å². The average Bonchev–Trinajstić information content (AvgIpc) is 3.30. The fourth-order valence-electron chi connectivity index (χ4n) is 2.34. The molecule has 5 heteroatoms. The molecule has 2 amide bonds. The molecule has 0 bridgehead atoms. The van der Waals surface area contributed by atoms with Gasteiger partial charge >= 0.3 is 12.0 Å². The monoisotopic (exact) mass is 290 g/mol. The molecule has 0 spiro atoms. The molecule has 1 saturated carbocycles. The fourth-order valence-corrected chi connectivity index (χ4v) is 2.34. The van der Waals surface area contributed by atoms with Gasteiger partial charge in [-0.3, -0.25) is 9.69 Å². The van der Waals surface area contributed by atoms with Crippen LogP contribution in [-0.4, -0.2) is 30.2 Å². The minimum absolute atomic E-state index is 0.0690. The lowest BCUT2D eigenvalue weighted by molar-refractivity contribution is -0.136. The standard InChI is InChI=1S/C16H22N2O3/c1-12(13-7-8-13)11-17-16(21)18(10-9-15(19)20)14-5-3-2-4-6-14/h2-6,12-13H,7-11H2,1H3,(H,17,21)(H,19,20). The molecular weight excluding hydrogens is 268 g/mol. The Morgan fingerprint density at radius 3 is 2.57 bits per heavy atom. The zero-order chi connectivity index (χ0) is 15.2. The van der Waals surface area contributed by atoms with Gasteiger partial charge in [-0.2, -0.15) is 0 Å². The molecule has 2 rings (SSSR count). The molecule has 0 heterocycles. The van der Waals surface area contributed by atoms with E-state index < -0.39 is 5.97 Å². The summed E-state index contributed by atoms with van der Waals surface area (Å²) in [5.41, 5.74) is 0.718. The van der Waals surface area contributed by atoms with Crippen molar-refractivity contribution in [3.63, 3.8) is 0 Å². The van der Waals surface area contributed by atoms with Gasteiger partial charge in [-0.25, -0.2) is 4.79 Å². The summed E-state index contributed by atoms with van der Waals surface area (Å²) >= 11 is 0. The number of aliphatic carboxylic acids is 1. The minimum atomic E-state index is -0.907. The summed E-state index contributed by atoms with van der Waals surface area (Å²) < 4.78 is 0. The number of nitrogens with zero attached hydrogens (tertiary/aromatic N) is 1. The van der Waals surface area contributed by atoms with Crippen molar-refractivity contribution in [2.45, 2.75) is 26.2 Å². The Labute approximate surface area is 125 Å². The number of carboxylic acid groups (broad SMARTS) is 1. The fraction of sp³-hybridized carbons (Fsp3) is 0.500. The smallest absolute Gasteiger partial charge is 0.321 e. The quantitative estimate of drug-likeness (QED) is 0.811. The van der Waals surface area contributed by atoms with Crippen LogP contribution in [0.1, 0.15) is 26.2 Å². The van der Waals surface area contributed by atoms with Crippen molar-refractivity contribution in [3.05, 3.63) is 30.3 Å². The largest absolute Gasteiger partial charge is 0.481 e. The van der Waals surface area contributed by atoms with Crippen molar-refractivity contribution in [3.8, 4) is 0 Å². The minimum Gasteiger partial charge on any atom is -0.481 e. The van der Waals surface area contributed by atoms with Gasteiger partial charge < -0.3 is 10.4 Å². The van der Waals surface area contributed by atoms with Crippen LogP contribution in [0.2, 0.25) is 0 Å². The number of anilines is 1. The summed E-state index contributed by atoms with van der Waals surface area (Å²) in [7, 11) is 0. The lowest BCUT2D eigenvalue weighted by Crippen LogP contribution is -2.43. The Balaban J connectivity index is 1.96. The van der Waals surface area contributed by atoms with Crippen LogP contribution < -0.4 is 10.2 Å². The molecule has 1 aromatic rings. The number of amides is 2. The molecule has 1 aliphatic carbocycles. The van der Waals surface area contributed by atoms with Crippen LogP contribution in [0.5, 0.6) is 0 Å². The molecule has 0 aliphatic heterocycles. The highest BCUT2D eigenvalue weighted by Gasteiger charge is 2.28. The van der Waals surface area contributed by atoms with Crippen LogP contribution in [0.15, 0.2) is 30.3 Å². The third kappa shape index (κ3) is 4.77. The van der Waals surface area contributed by atoms with Gasteiger partial charge in [0.05, 0.1) is 6.42 Å². The maximum Gasteiger partial charge on any atom is 0.321 e. The Morgan fingerprint density at radius 1 is 1.33 bits per heavy atom. The van der Waals surface area contributed by atoms with E-state index in [1.54, 1.807) is 0 Å². The lowest BCUT2D eigenvalue weighted by Gasteiger charge is -2.23. The van der Waals surface area contributed by atoms with E-state index in [4.69, 9.17) is 5.11 Å². The second-order valence-corrected chi connectivity index (χ2v) is 5.63. The Kier molecular flexibility index (Phi) is 5.20. The van der Waals surface area contributed by atoms with Crippen molar-refractivity contribution in [1.29, 1.82) is 0 Å². The maximum atomic E-state index is 12.3. The molecule has 1 aliphatic rings. The van der Waals surface area contributed by atoms with E-state index in [0.29, 0.717) is 12.5 Å². The zero-order valence-electron chi connectivity index (χ0n) is 12.3. The van der Waals surface area contributed by atoms with Gasteiger partial charge in [0, 0.05) is 18.8 Å². The molecular formula is C16H22N2O3. The summed E-state index contributed by atoms with van der Waals surface area (Å²) in [6, 6.07) is 8.94. The van der Waals surface area contributed by atoms with E-state index in [-0.39, 0.29) is 19.0 Å². The van der Waals surface area contributed by atoms with E-state index in [1.165, 1.54) is 17.7 Å². The second-order valence-electron chi connectivity index (χ2n) is 5.63. The highest BCUT2D eigenvalue weighted by atomic mass is 16.4. The van der Waals surface area contributed by atoms with Crippen LogP contribution in [0.25, 0.3) is 0 Å². The van der Waals surface area contributed by atoms with Gasteiger partial charge in [0.15, 0.2) is 0 Å². The first kappa shape index (κ1) is 15.4. The van der Waals surface area contributed by atoms with Crippen LogP contribution in [0.3, 0.4) is 0 Å². The molecule has 1 aromatic carbocycles. The predicted octanol–water partition coefficient (Wildman–Crippen LogP) is 2.72. The molecule has 0 aromatic heterocycles. The molecule has 114 valence electrons. The van der Waals surface area contributed by atoms with E-state index in [1.807, 2.05) is 30.3 Å². The number of hydrogen-bond acceptors (Lipinski definition) is 2. The molecule has 1 fully saturated rings. The number of para-hydroxylation sites is 1. The number of benzene rings is 1. The van der Waals surface area contributed by atoms with E-state index >= 15 is 0 Å². The van der Waals surface area contributed by atoms with Crippen molar-refractivity contribution < 1.29 is 14.7 Å². The van der Waals surface area contributed by atoms with Crippen LogP contribution in [0, 0.1) is 11.8 Å². The van der Waals surface area contributed by atoms with Crippen molar-refractivity contribution in [1.82, 2.24) is 5.32 Å². The number of carbonyl (C=O) groups excluding carboxylic acids is 1. The van der Waals surface area contributed by atoms with Gasteiger partial charge in [-0.1, -0.05) is 25.1 Å². The molecule has 1 unspecified atom stereocenters. The predicted molar refractivity (Wildman–Crippen MR) is 81.3 cm³/mol. The third-order valence-electron chi connectivity index (χ3n) is 3.86. The van der Waals surface area contributed by atoms with Gasteiger partial charge in [-0.15, -0.1) is 0 Å². The van der Waals surface area contributed by atoms with Gasteiger partial charge in [0.2, 0.25) is 0 Å². The highest BCUT2D eigenvalue weighted by Crippen LogP contribution is 2.36. The first-order valence-corrected chi connectivity index (χ1v) is 7.40. The third-order valence-corrected chi connectivity index (χ3v) is 3.86. The normalized spacial score (nSPS) is 15.3. The second kappa shape index (κ2) is 7.11. The Morgan fingerprint density at radius 2 is 2.00 bits per heavy atom. The summed E-state index contributed by atoms with van der Waals surface area (Å²) in [4.78, 5) is 24.6. The van der Waals surface area contributed by atoms with E-state index in [9.17, 15) is 9.59 Å². The number of carboxylic acids is 1. The number of urea groups is 1. The molecule has 21 heavy (non-hydrogen) atoms. The number of hydrogen-bond donors (Lipinski definition) is 2. The summed E-state index contributed by atoms with van der Waals surface area (Å²) in [5.74, 6) is 0.302. The first-order chi connectivity index (χ1) is 10.1. The first-order valence-electron chi connectivity index (χ1n) is 7.40. The molecule has 2 N–H and O–H groups in total. The molecule has 0 saturated heterocycles. The molecule has 5 nitrogen and oxygen atoms in total. The Hall–Kier alpha value is -2.04. The molecule has 1 atom stereocenters. The average molecular weight is 290 g/mol.